The van der Waals surface area contributed by atoms with E-state index in [1.54, 1.807) is 24.3 Å². The molecule has 1 aliphatic rings. The molecule has 1 aliphatic heterocycles. The third-order valence-corrected chi connectivity index (χ3v) is 1.83. The Morgan fingerprint density at radius 1 is 1.27 bits per heavy atom. The molecule has 1 atom stereocenters. The van der Waals surface area contributed by atoms with Gasteiger partial charge in [0.25, 0.3) is 0 Å². The highest BCUT2D eigenvalue weighted by Crippen LogP contribution is 2.24. The zero-order chi connectivity index (χ0) is 10.9. The molecule has 0 spiro atoms. The number of rotatable bonds is 1. The number of nitrogens with zero attached hydrogens (tertiary/aromatic N) is 1. The molecule has 1 unspecified atom stereocenters. The maximum Gasteiger partial charge on any atom is 0.525 e. The second-order valence-electron chi connectivity index (χ2n) is 2.93. The lowest BCUT2D eigenvalue weighted by atomic mass is 10.2. The van der Waals surface area contributed by atoms with E-state index in [0.717, 1.165) is 5.56 Å². The van der Waals surface area contributed by atoms with Crippen LogP contribution in [0.25, 0.3) is 0 Å². The molecule has 0 aromatic heterocycles. The van der Waals surface area contributed by atoms with Crippen molar-refractivity contribution in [2.45, 2.75) is 12.7 Å². The van der Waals surface area contributed by atoms with Gasteiger partial charge in [0.2, 0.25) is 6.35 Å². The highest BCUT2D eigenvalue weighted by molar-refractivity contribution is 5.89. The minimum atomic E-state index is -4.69. The molecule has 0 saturated carbocycles. The summed E-state index contributed by atoms with van der Waals surface area (Å²) in [5.41, 5.74) is 1.31. The van der Waals surface area contributed by atoms with Gasteiger partial charge < -0.3 is 5.32 Å². The number of benzene rings is 1. The van der Waals surface area contributed by atoms with Gasteiger partial charge >= 0.3 is 6.36 Å². The molecule has 1 heterocycles. The van der Waals surface area contributed by atoms with Crippen LogP contribution in [0, 0.1) is 0 Å². The average molecular weight is 216 g/mol. The smallest absolute Gasteiger partial charge is 0.341 e. The molecule has 0 radical (unpaired) electrons. The van der Waals surface area contributed by atoms with Crippen LogP contribution in [0.3, 0.4) is 0 Å². The lowest BCUT2D eigenvalue weighted by Crippen LogP contribution is -2.31. The molecule has 0 amide bonds. The molecule has 2 rings (SSSR count). The Hall–Kier alpha value is -1.56. The van der Waals surface area contributed by atoms with Crippen LogP contribution in [0.1, 0.15) is 5.56 Å². The van der Waals surface area contributed by atoms with Gasteiger partial charge in [0.15, 0.2) is 0 Å². The van der Waals surface area contributed by atoms with Gasteiger partial charge in [0.1, 0.15) is 0 Å². The van der Waals surface area contributed by atoms with Gasteiger partial charge in [-0.25, -0.2) is 9.73 Å². The van der Waals surface area contributed by atoms with Crippen LogP contribution in [0.15, 0.2) is 29.3 Å². The quantitative estimate of drug-likeness (QED) is 0.781. The Morgan fingerprint density at radius 2 is 2.00 bits per heavy atom. The van der Waals surface area contributed by atoms with Crippen molar-refractivity contribution in [2.75, 3.05) is 5.32 Å². The Morgan fingerprint density at radius 3 is 2.73 bits per heavy atom. The Labute approximate surface area is 83.6 Å². The lowest BCUT2D eigenvalue weighted by molar-refractivity contribution is -0.337. The first kappa shape index (κ1) is 9.97. The number of fused-ring (bicyclic) bond motifs is 1. The van der Waals surface area contributed by atoms with Gasteiger partial charge in [-0.1, -0.05) is 18.2 Å². The normalized spacial score (nSPS) is 19.5. The molecule has 80 valence electrons. The van der Waals surface area contributed by atoms with Gasteiger partial charge in [0.05, 0.1) is 0 Å². The van der Waals surface area contributed by atoms with Crippen LogP contribution in [0.2, 0.25) is 0 Å². The fourth-order valence-corrected chi connectivity index (χ4v) is 1.25. The van der Waals surface area contributed by atoms with Crippen molar-refractivity contribution in [1.29, 1.82) is 0 Å². The van der Waals surface area contributed by atoms with Gasteiger partial charge in [0, 0.05) is 17.5 Å². The summed E-state index contributed by atoms with van der Waals surface area (Å²) in [6.07, 6.45) is -4.75. The van der Waals surface area contributed by atoms with Crippen molar-refractivity contribution in [2.24, 2.45) is 4.99 Å². The highest BCUT2D eigenvalue weighted by Gasteiger charge is 2.34. The molecular formula is C9H7F3N2O. The first-order chi connectivity index (χ1) is 7.04. The van der Waals surface area contributed by atoms with Gasteiger partial charge in [-0.05, 0) is 6.07 Å². The summed E-state index contributed by atoms with van der Waals surface area (Å²) in [6, 6.07) is 6.90. The first-order valence-corrected chi connectivity index (χ1v) is 4.18. The van der Waals surface area contributed by atoms with Crippen molar-refractivity contribution in [3.63, 3.8) is 0 Å². The fraction of sp³-hybridized carbons (Fsp3) is 0.222. The van der Waals surface area contributed by atoms with Crippen molar-refractivity contribution < 1.29 is 17.9 Å². The number of alkyl halides is 3. The first-order valence-electron chi connectivity index (χ1n) is 4.18. The average Bonchev–Trinajstić information content (AvgIpc) is 2.15. The minimum absolute atomic E-state index is 0.571. The number of aliphatic imine (C=N–C) groups is 1. The van der Waals surface area contributed by atoms with E-state index in [2.05, 4.69) is 15.0 Å². The lowest BCUT2D eigenvalue weighted by Gasteiger charge is -2.22. The topological polar surface area (TPSA) is 33.6 Å². The summed E-state index contributed by atoms with van der Waals surface area (Å²) in [7, 11) is 0. The molecule has 1 aromatic rings. The molecule has 15 heavy (non-hydrogen) atoms. The molecular weight excluding hydrogens is 209 g/mol. The SMILES string of the molecule is FC(F)(F)OC1N=Cc2ccccc2N1. The molecule has 1 N–H and O–H groups in total. The number of halogens is 3. The third-order valence-electron chi connectivity index (χ3n) is 1.83. The van der Waals surface area contributed by atoms with Crippen molar-refractivity contribution in [1.82, 2.24) is 0 Å². The number of hydrogen-bond acceptors (Lipinski definition) is 3. The van der Waals surface area contributed by atoms with Crippen LogP contribution >= 0.6 is 0 Å². The predicted octanol–water partition coefficient (Wildman–Crippen LogP) is 2.35. The van der Waals surface area contributed by atoms with E-state index >= 15 is 0 Å². The maximum absolute atomic E-state index is 11.9. The van der Waals surface area contributed by atoms with Crippen LogP contribution in [0.5, 0.6) is 0 Å². The zero-order valence-corrected chi connectivity index (χ0v) is 7.45. The summed E-state index contributed by atoms with van der Waals surface area (Å²) in [5.74, 6) is 0. The molecule has 6 heteroatoms. The van der Waals surface area contributed by atoms with Crippen molar-refractivity contribution >= 4 is 11.9 Å². The standard InChI is InChI=1S/C9H7F3N2O/c10-9(11,12)15-8-13-5-6-3-1-2-4-7(6)14-8/h1-5,8,14H. The number of nitrogens with one attached hydrogen (secondary N) is 1. The largest absolute Gasteiger partial charge is 0.525 e. The maximum atomic E-state index is 11.9. The van der Waals surface area contributed by atoms with E-state index in [1.165, 1.54) is 6.21 Å². The van der Waals surface area contributed by atoms with Gasteiger partial charge in [-0.15, -0.1) is 13.2 Å². The van der Waals surface area contributed by atoms with Crippen LogP contribution in [-0.4, -0.2) is 18.9 Å². The van der Waals surface area contributed by atoms with E-state index in [-0.39, 0.29) is 0 Å². The molecule has 1 aromatic carbocycles. The van der Waals surface area contributed by atoms with E-state index in [1.807, 2.05) is 0 Å². The van der Waals surface area contributed by atoms with Crippen molar-refractivity contribution in [3.8, 4) is 0 Å². The Kier molecular flexibility index (Phi) is 2.36. The molecule has 0 bridgehead atoms. The molecule has 0 saturated heterocycles. The summed E-state index contributed by atoms with van der Waals surface area (Å²) in [5, 5.41) is 2.51. The number of para-hydroxylation sites is 1. The fourth-order valence-electron chi connectivity index (χ4n) is 1.25. The Balaban J connectivity index is 2.13. The minimum Gasteiger partial charge on any atom is -0.341 e. The summed E-state index contributed by atoms with van der Waals surface area (Å²) in [6.45, 7) is 0. The van der Waals surface area contributed by atoms with E-state index in [0.29, 0.717) is 5.69 Å². The number of ether oxygens (including phenoxy) is 1. The Bertz CT molecular complexity index is 389. The molecule has 3 nitrogen and oxygen atoms in total. The summed E-state index contributed by atoms with van der Waals surface area (Å²) in [4.78, 5) is 3.58. The van der Waals surface area contributed by atoms with E-state index in [9.17, 15) is 13.2 Å². The van der Waals surface area contributed by atoms with Gasteiger partial charge in [-0.2, -0.15) is 0 Å². The van der Waals surface area contributed by atoms with Crippen LogP contribution in [0.4, 0.5) is 18.9 Å². The van der Waals surface area contributed by atoms with Crippen LogP contribution < -0.4 is 5.32 Å². The van der Waals surface area contributed by atoms with Crippen molar-refractivity contribution in [3.05, 3.63) is 29.8 Å². The number of anilines is 1. The second-order valence-corrected chi connectivity index (χ2v) is 2.93. The summed E-state index contributed by atoms with van der Waals surface area (Å²) < 4.78 is 39.4. The van der Waals surface area contributed by atoms with Crippen LogP contribution in [-0.2, 0) is 4.74 Å². The number of hydrogen-bond donors (Lipinski definition) is 1. The van der Waals surface area contributed by atoms with E-state index in [4.69, 9.17) is 0 Å². The second kappa shape index (κ2) is 3.54. The zero-order valence-electron chi connectivity index (χ0n) is 7.45. The van der Waals surface area contributed by atoms with Gasteiger partial charge in [-0.3, -0.25) is 0 Å². The third kappa shape index (κ3) is 2.47. The molecule has 0 fully saturated rings. The predicted molar refractivity (Wildman–Crippen MR) is 48.6 cm³/mol. The van der Waals surface area contributed by atoms with E-state index < -0.39 is 12.7 Å². The molecule has 0 aliphatic carbocycles. The summed E-state index contributed by atoms with van der Waals surface area (Å²) >= 11 is 0. The monoisotopic (exact) mass is 216 g/mol. The highest BCUT2D eigenvalue weighted by atomic mass is 19.4.